The molecule has 0 radical (unpaired) electrons. The summed E-state index contributed by atoms with van der Waals surface area (Å²) >= 11 is 0. The van der Waals surface area contributed by atoms with Crippen LogP contribution in [-0.4, -0.2) is 19.7 Å². The fourth-order valence-corrected chi connectivity index (χ4v) is 2.08. The fourth-order valence-electron chi connectivity index (χ4n) is 2.08. The Bertz CT molecular complexity index is 686. The van der Waals surface area contributed by atoms with Gasteiger partial charge in [-0.2, -0.15) is 0 Å². The number of aromatic nitrogens is 3. The lowest BCUT2D eigenvalue weighted by Gasteiger charge is -2.03. The van der Waals surface area contributed by atoms with Gasteiger partial charge in [0.2, 0.25) is 0 Å². The lowest BCUT2D eigenvalue weighted by atomic mass is 10.1. The largest absolute Gasteiger partial charge is 0.508 e. The van der Waals surface area contributed by atoms with Gasteiger partial charge in [-0.1, -0.05) is 18.2 Å². The summed E-state index contributed by atoms with van der Waals surface area (Å²) in [6.45, 7) is 2.04. The first-order chi connectivity index (χ1) is 8.74. The zero-order valence-corrected chi connectivity index (χ0v) is 10.0. The number of phenols is 1. The topological polar surface area (TPSA) is 50.4 Å². The summed E-state index contributed by atoms with van der Waals surface area (Å²) in [6.07, 6.45) is 0.701. The van der Waals surface area contributed by atoms with E-state index >= 15 is 0 Å². The Kier molecular flexibility index (Phi) is 2.48. The second-order valence-corrected chi connectivity index (χ2v) is 4.32. The van der Waals surface area contributed by atoms with Crippen LogP contribution in [-0.2, 0) is 6.42 Å². The van der Waals surface area contributed by atoms with Crippen LogP contribution >= 0.6 is 0 Å². The Balaban J connectivity index is 2.02. The molecule has 3 aromatic rings. The first-order valence-electron chi connectivity index (χ1n) is 5.81. The van der Waals surface area contributed by atoms with Crippen molar-refractivity contribution in [3.8, 4) is 5.75 Å². The highest BCUT2D eigenvalue weighted by Crippen LogP contribution is 2.15. The van der Waals surface area contributed by atoms with Crippen molar-refractivity contribution in [2.75, 3.05) is 0 Å². The van der Waals surface area contributed by atoms with Crippen molar-refractivity contribution >= 4 is 5.65 Å². The van der Waals surface area contributed by atoms with E-state index < -0.39 is 0 Å². The summed E-state index contributed by atoms with van der Waals surface area (Å²) in [5.74, 6) is 1.19. The standard InChI is InChI=1S/C14H13N3O/c1-10-3-2-4-13-15-16-14(17(10)13)9-11-5-7-12(18)8-6-11/h2-8,18H,9H2,1H3. The molecule has 0 unspecified atom stereocenters. The minimum absolute atomic E-state index is 0.279. The molecule has 0 fully saturated rings. The number of fused-ring (bicyclic) bond motifs is 1. The van der Waals surface area contributed by atoms with Gasteiger partial charge in [-0.25, -0.2) is 0 Å². The van der Waals surface area contributed by atoms with Crippen molar-refractivity contribution < 1.29 is 5.11 Å². The normalized spacial score (nSPS) is 10.9. The van der Waals surface area contributed by atoms with Crippen molar-refractivity contribution in [1.29, 1.82) is 0 Å². The first kappa shape index (κ1) is 10.8. The van der Waals surface area contributed by atoms with Crippen LogP contribution in [0.15, 0.2) is 42.5 Å². The van der Waals surface area contributed by atoms with Crippen molar-refractivity contribution in [2.24, 2.45) is 0 Å². The van der Waals surface area contributed by atoms with Crippen molar-refractivity contribution in [1.82, 2.24) is 14.6 Å². The van der Waals surface area contributed by atoms with Gasteiger partial charge in [0, 0.05) is 12.1 Å². The zero-order valence-electron chi connectivity index (χ0n) is 10.0. The molecule has 4 heteroatoms. The summed E-state index contributed by atoms with van der Waals surface area (Å²) in [5, 5.41) is 17.6. The van der Waals surface area contributed by atoms with E-state index in [1.54, 1.807) is 12.1 Å². The first-order valence-corrected chi connectivity index (χ1v) is 5.81. The van der Waals surface area contributed by atoms with Crippen LogP contribution in [0.1, 0.15) is 17.1 Å². The highest BCUT2D eigenvalue weighted by Gasteiger charge is 2.07. The average Bonchev–Trinajstić information content (AvgIpc) is 2.77. The van der Waals surface area contributed by atoms with Gasteiger partial charge in [0.15, 0.2) is 5.65 Å². The van der Waals surface area contributed by atoms with Crippen LogP contribution in [0.5, 0.6) is 5.75 Å². The minimum atomic E-state index is 0.279. The molecular weight excluding hydrogens is 226 g/mol. The van der Waals surface area contributed by atoms with E-state index in [0.717, 1.165) is 22.7 Å². The molecule has 0 atom stereocenters. The van der Waals surface area contributed by atoms with Gasteiger partial charge >= 0.3 is 0 Å². The number of aryl methyl sites for hydroxylation is 1. The molecule has 1 aromatic carbocycles. The molecule has 0 saturated carbocycles. The van der Waals surface area contributed by atoms with E-state index in [2.05, 4.69) is 10.2 Å². The van der Waals surface area contributed by atoms with E-state index in [1.807, 2.05) is 41.7 Å². The van der Waals surface area contributed by atoms with Crippen LogP contribution in [0.25, 0.3) is 5.65 Å². The third-order valence-electron chi connectivity index (χ3n) is 2.99. The lowest BCUT2D eigenvalue weighted by molar-refractivity contribution is 0.475. The SMILES string of the molecule is Cc1cccc2nnc(Cc3ccc(O)cc3)n12. The quantitative estimate of drug-likeness (QED) is 0.746. The number of phenolic OH excluding ortho intramolecular Hbond substituents is 1. The Morgan fingerprint density at radius 2 is 1.83 bits per heavy atom. The van der Waals surface area contributed by atoms with E-state index in [0.29, 0.717) is 6.42 Å². The number of pyridine rings is 1. The number of hydrogen-bond donors (Lipinski definition) is 1. The summed E-state index contributed by atoms with van der Waals surface area (Å²) < 4.78 is 2.05. The van der Waals surface area contributed by atoms with E-state index in [-0.39, 0.29) is 5.75 Å². The van der Waals surface area contributed by atoms with Crippen LogP contribution < -0.4 is 0 Å². The molecule has 4 nitrogen and oxygen atoms in total. The Labute approximate surface area is 105 Å². The van der Waals surface area contributed by atoms with Gasteiger partial charge in [-0.05, 0) is 36.8 Å². The molecular formula is C14H13N3O. The van der Waals surface area contributed by atoms with Crippen LogP contribution in [0.4, 0.5) is 0 Å². The van der Waals surface area contributed by atoms with Crippen molar-refractivity contribution in [3.63, 3.8) is 0 Å². The smallest absolute Gasteiger partial charge is 0.160 e. The zero-order chi connectivity index (χ0) is 12.5. The van der Waals surface area contributed by atoms with E-state index in [9.17, 15) is 5.11 Å². The number of benzene rings is 1. The molecule has 90 valence electrons. The van der Waals surface area contributed by atoms with Crippen LogP contribution in [0.3, 0.4) is 0 Å². The van der Waals surface area contributed by atoms with Gasteiger partial charge in [0.05, 0.1) is 0 Å². The molecule has 0 aliphatic rings. The summed E-state index contributed by atoms with van der Waals surface area (Å²) in [5.41, 5.74) is 3.08. The maximum Gasteiger partial charge on any atom is 0.160 e. The molecule has 0 aliphatic carbocycles. The Morgan fingerprint density at radius 1 is 1.06 bits per heavy atom. The predicted molar refractivity (Wildman–Crippen MR) is 68.6 cm³/mol. The molecule has 18 heavy (non-hydrogen) atoms. The predicted octanol–water partition coefficient (Wildman–Crippen LogP) is 2.33. The third kappa shape index (κ3) is 1.82. The van der Waals surface area contributed by atoms with Gasteiger partial charge in [0.25, 0.3) is 0 Å². The molecule has 3 rings (SSSR count). The molecule has 0 spiro atoms. The van der Waals surface area contributed by atoms with E-state index in [4.69, 9.17) is 0 Å². The maximum atomic E-state index is 9.27. The summed E-state index contributed by atoms with van der Waals surface area (Å²) in [7, 11) is 0. The fraction of sp³-hybridized carbons (Fsp3) is 0.143. The molecule has 1 N–H and O–H groups in total. The second kappa shape index (κ2) is 4.14. The van der Waals surface area contributed by atoms with Gasteiger partial charge in [-0.15, -0.1) is 10.2 Å². The van der Waals surface area contributed by atoms with Crippen molar-refractivity contribution in [2.45, 2.75) is 13.3 Å². The number of nitrogens with zero attached hydrogens (tertiary/aromatic N) is 3. The third-order valence-corrected chi connectivity index (χ3v) is 2.99. The summed E-state index contributed by atoms with van der Waals surface area (Å²) in [6, 6.07) is 13.1. The highest BCUT2D eigenvalue weighted by molar-refractivity contribution is 5.40. The molecule has 2 aromatic heterocycles. The second-order valence-electron chi connectivity index (χ2n) is 4.32. The number of hydrogen-bond acceptors (Lipinski definition) is 3. The van der Waals surface area contributed by atoms with Gasteiger partial charge < -0.3 is 5.11 Å². The minimum Gasteiger partial charge on any atom is -0.508 e. The number of aromatic hydroxyl groups is 1. The summed E-state index contributed by atoms with van der Waals surface area (Å²) in [4.78, 5) is 0. The van der Waals surface area contributed by atoms with Crippen LogP contribution in [0, 0.1) is 6.92 Å². The Hall–Kier alpha value is -2.36. The highest BCUT2D eigenvalue weighted by atomic mass is 16.3. The van der Waals surface area contributed by atoms with Gasteiger partial charge in [-0.3, -0.25) is 4.40 Å². The molecule has 0 bridgehead atoms. The van der Waals surface area contributed by atoms with Crippen molar-refractivity contribution in [3.05, 3.63) is 59.5 Å². The van der Waals surface area contributed by atoms with E-state index in [1.165, 1.54) is 0 Å². The Morgan fingerprint density at radius 3 is 2.61 bits per heavy atom. The number of rotatable bonds is 2. The molecule has 0 aliphatic heterocycles. The maximum absolute atomic E-state index is 9.27. The lowest BCUT2D eigenvalue weighted by Crippen LogP contribution is -1.99. The average molecular weight is 239 g/mol. The van der Waals surface area contributed by atoms with Gasteiger partial charge in [0.1, 0.15) is 11.6 Å². The molecule has 0 amide bonds. The molecule has 0 saturated heterocycles. The monoisotopic (exact) mass is 239 g/mol. The molecule has 2 heterocycles. The van der Waals surface area contributed by atoms with Crippen LogP contribution in [0.2, 0.25) is 0 Å².